The van der Waals surface area contributed by atoms with E-state index in [0.29, 0.717) is 12.8 Å². The summed E-state index contributed by atoms with van der Waals surface area (Å²) in [4.78, 5) is 2.35. The van der Waals surface area contributed by atoms with Gasteiger partial charge < -0.3 is 11.1 Å². The standard InChI is InChI=1S/C18H20F2N4S2/c1-10-15(6-12(21)5-11-7-18(11,19)20)26-17-14(9-23-24-16(10)17)22-8-13-3-2-4-25-13/h2-4,9,11-12H,5-8,21H2,1H3,(H,22,24). The molecule has 1 fully saturated rings. The van der Waals surface area contributed by atoms with E-state index in [9.17, 15) is 8.78 Å². The number of fused-ring (bicyclic) bond motifs is 1. The molecule has 3 N–H and O–H groups in total. The van der Waals surface area contributed by atoms with Gasteiger partial charge in [-0.05, 0) is 36.8 Å². The first-order chi connectivity index (χ1) is 12.4. The van der Waals surface area contributed by atoms with Gasteiger partial charge in [-0.3, -0.25) is 0 Å². The SMILES string of the molecule is Cc1c(CC(N)CC2CC2(F)F)sc2c(NCc3cccs3)cnnc12. The molecule has 0 aliphatic heterocycles. The van der Waals surface area contributed by atoms with Crippen LogP contribution in [0.3, 0.4) is 0 Å². The third kappa shape index (κ3) is 3.58. The fourth-order valence-corrected chi connectivity index (χ4v) is 5.15. The fourth-order valence-electron chi connectivity index (χ4n) is 3.18. The van der Waals surface area contributed by atoms with Crippen molar-refractivity contribution in [1.82, 2.24) is 10.2 Å². The topological polar surface area (TPSA) is 63.8 Å². The lowest BCUT2D eigenvalue weighted by atomic mass is 10.0. The Bertz CT molecular complexity index is 907. The number of nitrogens with one attached hydrogen (secondary N) is 1. The second-order valence-electron chi connectivity index (χ2n) is 6.88. The lowest BCUT2D eigenvalue weighted by molar-refractivity contribution is 0.0954. The van der Waals surface area contributed by atoms with Crippen LogP contribution in [0.4, 0.5) is 14.5 Å². The quantitative estimate of drug-likeness (QED) is 0.615. The van der Waals surface area contributed by atoms with Crippen LogP contribution in [0, 0.1) is 12.8 Å². The average molecular weight is 395 g/mol. The van der Waals surface area contributed by atoms with E-state index in [1.165, 1.54) is 4.88 Å². The highest BCUT2D eigenvalue weighted by atomic mass is 32.1. The summed E-state index contributed by atoms with van der Waals surface area (Å²) in [6.07, 6.45) is 2.69. The van der Waals surface area contributed by atoms with Gasteiger partial charge in [0.25, 0.3) is 5.92 Å². The van der Waals surface area contributed by atoms with Crippen molar-refractivity contribution in [1.29, 1.82) is 0 Å². The van der Waals surface area contributed by atoms with Crippen molar-refractivity contribution < 1.29 is 8.78 Å². The van der Waals surface area contributed by atoms with Gasteiger partial charge in [0.1, 0.15) is 5.52 Å². The Hall–Kier alpha value is -1.64. The Kier molecular flexibility index (Phi) is 4.66. The van der Waals surface area contributed by atoms with Crippen molar-refractivity contribution in [2.45, 2.75) is 44.7 Å². The summed E-state index contributed by atoms with van der Waals surface area (Å²) in [5, 5.41) is 13.9. The first-order valence-corrected chi connectivity index (χ1v) is 10.3. The fraction of sp³-hybridized carbons (Fsp3) is 0.444. The van der Waals surface area contributed by atoms with E-state index in [-0.39, 0.29) is 12.5 Å². The van der Waals surface area contributed by atoms with Crippen LogP contribution in [0.2, 0.25) is 0 Å². The molecule has 3 aromatic heterocycles. The third-order valence-electron chi connectivity index (χ3n) is 4.83. The molecule has 0 saturated heterocycles. The number of aromatic nitrogens is 2. The van der Waals surface area contributed by atoms with Crippen LogP contribution >= 0.6 is 22.7 Å². The second kappa shape index (κ2) is 6.83. The number of alkyl halides is 2. The lowest BCUT2D eigenvalue weighted by Gasteiger charge is -2.10. The summed E-state index contributed by atoms with van der Waals surface area (Å²) >= 11 is 3.34. The molecule has 8 heteroatoms. The highest BCUT2D eigenvalue weighted by Crippen LogP contribution is 2.51. The lowest BCUT2D eigenvalue weighted by Crippen LogP contribution is -2.24. The monoisotopic (exact) mass is 394 g/mol. The minimum absolute atomic E-state index is 0.0195. The predicted octanol–water partition coefficient (Wildman–Crippen LogP) is 4.59. The summed E-state index contributed by atoms with van der Waals surface area (Å²) in [6.45, 7) is 2.74. The Morgan fingerprint density at radius 3 is 2.96 bits per heavy atom. The molecule has 0 bridgehead atoms. The van der Waals surface area contributed by atoms with E-state index in [4.69, 9.17) is 5.73 Å². The molecule has 26 heavy (non-hydrogen) atoms. The minimum atomic E-state index is -2.50. The molecule has 1 aliphatic carbocycles. The number of nitrogens with two attached hydrogens (primary N) is 1. The third-order valence-corrected chi connectivity index (χ3v) is 7.04. The van der Waals surface area contributed by atoms with Gasteiger partial charge in [0.2, 0.25) is 0 Å². The van der Waals surface area contributed by atoms with Gasteiger partial charge in [0.15, 0.2) is 0 Å². The number of hydrogen-bond acceptors (Lipinski definition) is 6. The number of aryl methyl sites for hydroxylation is 1. The molecule has 1 aliphatic rings. The molecular weight excluding hydrogens is 374 g/mol. The maximum atomic E-state index is 13.1. The van der Waals surface area contributed by atoms with Gasteiger partial charge in [-0.15, -0.1) is 27.8 Å². The number of rotatable bonds is 7. The van der Waals surface area contributed by atoms with Crippen LogP contribution in [0.15, 0.2) is 23.7 Å². The van der Waals surface area contributed by atoms with Crippen molar-refractivity contribution in [2.75, 3.05) is 5.32 Å². The summed E-state index contributed by atoms with van der Waals surface area (Å²) in [7, 11) is 0. The van der Waals surface area contributed by atoms with Crippen molar-refractivity contribution in [3.8, 4) is 0 Å². The molecule has 2 unspecified atom stereocenters. The van der Waals surface area contributed by atoms with Gasteiger partial charge in [-0.2, -0.15) is 5.10 Å². The van der Waals surface area contributed by atoms with Crippen molar-refractivity contribution >= 4 is 38.6 Å². The van der Waals surface area contributed by atoms with Crippen molar-refractivity contribution in [2.24, 2.45) is 11.7 Å². The Labute approximate surface area is 158 Å². The maximum Gasteiger partial charge on any atom is 0.251 e. The van der Waals surface area contributed by atoms with E-state index < -0.39 is 11.8 Å². The normalized spacial score (nSPS) is 19.6. The predicted molar refractivity (Wildman–Crippen MR) is 103 cm³/mol. The molecule has 3 aromatic rings. The van der Waals surface area contributed by atoms with Gasteiger partial charge in [-0.1, -0.05) is 6.07 Å². The summed E-state index contributed by atoms with van der Waals surface area (Å²) in [6, 6.07) is 3.86. The Balaban J connectivity index is 1.51. The van der Waals surface area contributed by atoms with E-state index in [2.05, 4.69) is 27.0 Å². The Morgan fingerprint density at radius 2 is 2.27 bits per heavy atom. The molecule has 4 rings (SSSR count). The van der Waals surface area contributed by atoms with Crippen LogP contribution in [0.5, 0.6) is 0 Å². The number of thiophene rings is 2. The van der Waals surface area contributed by atoms with Gasteiger partial charge in [0.05, 0.1) is 16.6 Å². The molecule has 138 valence electrons. The van der Waals surface area contributed by atoms with Crippen LogP contribution in [-0.2, 0) is 13.0 Å². The van der Waals surface area contributed by atoms with Crippen LogP contribution < -0.4 is 11.1 Å². The highest BCUT2D eigenvalue weighted by molar-refractivity contribution is 7.19. The zero-order chi connectivity index (χ0) is 18.3. The summed E-state index contributed by atoms with van der Waals surface area (Å²) in [5.41, 5.74) is 9.01. The van der Waals surface area contributed by atoms with Crippen molar-refractivity contribution in [3.05, 3.63) is 39.0 Å². The number of anilines is 1. The molecule has 0 radical (unpaired) electrons. The smallest absolute Gasteiger partial charge is 0.251 e. The number of hydrogen-bond donors (Lipinski definition) is 2. The first kappa shape index (κ1) is 17.8. The summed E-state index contributed by atoms with van der Waals surface area (Å²) < 4.78 is 27.3. The molecule has 2 atom stereocenters. The zero-order valence-electron chi connectivity index (χ0n) is 14.3. The molecular formula is C18H20F2N4S2. The van der Waals surface area contributed by atoms with Crippen LogP contribution in [0.1, 0.15) is 28.2 Å². The van der Waals surface area contributed by atoms with Gasteiger partial charge in [0, 0.05) is 34.7 Å². The minimum Gasteiger partial charge on any atom is -0.378 e. The van der Waals surface area contributed by atoms with E-state index in [1.807, 2.05) is 13.0 Å². The van der Waals surface area contributed by atoms with E-state index in [0.717, 1.165) is 32.9 Å². The molecule has 0 spiro atoms. The van der Waals surface area contributed by atoms with E-state index >= 15 is 0 Å². The van der Waals surface area contributed by atoms with Gasteiger partial charge in [-0.25, -0.2) is 8.78 Å². The maximum absolute atomic E-state index is 13.1. The van der Waals surface area contributed by atoms with Crippen molar-refractivity contribution in [3.63, 3.8) is 0 Å². The molecule has 1 saturated carbocycles. The first-order valence-electron chi connectivity index (χ1n) is 8.57. The van der Waals surface area contributed by atoms with E-state index in [1.54, 1.807) is 28.9 Å². The van der Waals surface area contributed by atoms with Crippen LogP contribution in [-0.4, -0.2) is 22.2 Å². The molecule has 0 amide bonds. The molecule has 0 aromatic carbocycles. The zero-order valence-corrected chi connectivity index (χ0v) is 16.0. The number of halogens is 2. The van der Waals surface area contributed by atoms with Crippen LogP contribution in [0.25, 0.3) is 10.2 Å². The highest BCUT2D eigenvalue weighted by Gasteiger charge is 2.56. The molecule has 3 heterocycles. The Morgan fingerprint density at radius 1 is 1.46 bits per heavy atom. The average Bonchev–Trinajstić information content (AvgIpc) is 2.98. The molecule has 4 nitrogen and oxygen atoms in total. The number of nitrogens with zero attached hydrogens (tertiary/aromatic N) is 2. The van der Waals surface area contributed by atoms with Gasteiger partial charge >= 0.3 is 0 Å². The largest absolute Gasteiger partial charge is 0.378 e. The summed E-state index contributed by atoms with van der Waals surface area (Å²) in [5.74, 6) is -3.05. The second-order valence-corrected chi connectivity index (χ2v) is 9.02.